The van der Waals surface area contributed by atoms with Gasteiger partial charge >= 0.3 is 0 Å². The average molecular weight is 379 g/mol. The molecule has 146 valence electrons. The smallest absolute Gasteiger partial charge is 0.245 e. The Hall–Kier alpha value is -2.92. The lowest BCUT2D eigenvalue weighted by Gasteiger charge is -2.42. The van der Waals surface area contributed by atoms with Crippen molar-refractivity contribution >= 4 is 17.5 Å². The molecule has 2 aliphatic rings. The topological polar surface area (TPSA) is 81.3 Å². The fourth-order valence-corrected chi connectivity index (χ4v) is 4.17. The zero-order valence-corrected chi connectivity index (χ0v) is 16.4. The highest BCUT2D eigenvalue weighted by molar-refractivity contribution is 5.97. The van der Waals surface area contributed by atoms with Gasteiger partial charge in [-0.15, -0.1) is 0 Å². The summed E-state index contributed by atoms with van der Waals surface area (Å²) in [5, 5.41) is 13.3. The van der Waals surface area contributed by atoms with Crippen LogP contribution in [0.3, 0.4) is 0 Å². The highest BCUT2D eigenvalue weighted by Crippen LogP contribution is 2.25. The zero-order valence-electron chi connectivity index (χ0n) is 16.4. The molecule has 2 saturated heterocycles. The molecule has 28 heavy (non-hydrogen) atoms. The summed E-state index contributed by atoms with van der Waals surface area (Å²) in [4.78, 5) is 24.0. The molecule has 1 atom stereocenters. The van der Waals surface area contributed by atoms with Crippen LogP contribution in [0.2, 0.25) is 0 Å². The predicted molar refractivity (Wildman–Crippen MR) is 106 cm³/mol. The van der Waals surface area contributed by atoms with Crippen LogP contribution in [0.25, 0.3) is 0 Å². The predicted octanol–water partition coefficient (Wildman–Crippen LogP) is 1.31. The van der Waals surface area contributed by atoms with E-state index in [2.05, 4.69) is 26.0 Å². The van der Waals surface area contributed by atoms with Crippen LogP contribution in [0, 0.1) is 18.3 Å². The molecular formula is C20H25N7O. The Labute approximate surface area is 165 Å². The van der Waals surface area contributed by atoms with Crippen LogP contribution >= 0.6 is 0 Å². The SMILES string of the molecule is Cc1cc(N2CCC[C@H](N3CCN(c4ccc(C#N)cn4)CC3)C2=O)n(C)n1. The summed E-state index contributed by atoms with van der Waals surface area (Å²) in [6.07, 6.45) is 3.51. The van der Waals surface area contributed by atoms with Crippen LogP contribution in [0.15, 0.2) is 24.4 Å². The number of carbonyl (C=O) groups excluding carboxylic acids is 1. The Morgan fingerprint density at radius 3 is 2.57 bits per heavy atom. The van der Waals surface area contributed by atoms with Crippen molar-refractivity contribution in [2.75, 3.05) is 42.5 Å². The van der Waals surface area contributed by atoms with Gasteiger partial charge in [-0.3, -0.25) is 19.3 Å². The van der Waals surface area contributed by atoms with E-state index in [-0.39, 0.29) is 11.9 Å². The van der Waals surface area contributed by atoms with Gasteiger partial charge in [0.05, 0.1) is 17.3 Å². The number of hydrogen-bond acceptors (Lipinski definition) is 6. The average Bonchev–Trinajstić information content (AvgIpc) is 3.06. The molecule has 4 rings (SSSR count). The fourth-order valence-electron chi connectivity index (χ4n) is 4.17. The summed E-state index contributed by atoms with van der Waals surface area (Å²) in [5.74, 6) is 1.95. The molecule has 0 spiro atoms. The molecule has 4 heterocycles. The second-order valence-corrected chi connectivity index (χ2v) is 7.46. The molecule has 0 bridgehead atoms. The molecular weight excluding hydrogens is 354 g/mol. The summed E-state index contributed by atoms with van der Waals surface area (Å²) >= 11 is 0. The molecule has 8 nitrogen and oxygen atoms in total. The van der Waals surface area contributed by atoms with Gasteiger partial charge in [0.2, 0.25) is 5.91 Å². The minimum absolute atomic E-state index is 0.0694. The second-order valence-electron chi connectivity index (χ2n) is 7.46. The van der Waals surface area contributed by atoms with Gasteiger partial charge in [-0.05, 0) is 31.9 Å². The zero-order chi connectivity index (χ0) is 19.7. The van der Waals surface area contributed by atoms with E-state index < -0.39 is 0 Å². The van der Waals surface area contributed by atoms with E-state index in [9.17, 15) is 4.79 Å². The molecule has 8 heteroatoms. The standard InChI is InChI=1S/C20H25N7O/c1-15-12-19(24(2)23-15)27-7-3-4-17(20(27)28)25-8-10-26(11-9-25)18-6-5-16(13-21)14-22-18/h5-6,12,14,17H,3-4,7-11H2,1-2H3/t17-/m0/s1. The lowest BCUT2D eigenvalue weighted by molar-refractivity contribution is -0.125. The minimum atomic E-state index is -0.0694. The molecule has 1 amide bonds. The molecule has 0 unspecified atom stereocenters. The fraction of sp³-hybridized carbons (Fsp3) is 0.500. The molecule has 0 aromatic carbocycles. The van der Waals surface area contributed by atoms with Gasteiger partial charge in [-0.1, -0.05) is 0 Å². The van der Waals surface area contributed by atoms with Gasteiger partial charge in [0, 0.05) is 52.0 Å². The molecule has 2 aromatic heterocycles. The lowest BCUT2D eigenvalue weighted by Crippen LogP contribution is -2.58. The van der Waals surface area contributed by atoms with E-state index in [0.717, 1.165) is 62.9 Å². The van der Waals surface area contributed by atoms with E-state index in [1.54, 1.807) is 16.9 Å². The Bertz CT molecular complexity index is 890. The van der Waals surface area contributed by atoms with Crippen molar-refractivity contribution in [1.82, 2.24) is 19.7 Å². The van der Waals surface area contributed by atoms with Crippen LogP contribution in [0.5, 0.6) is 0 Å². The van der Waals surface area contributed by atoms with E-state index in [0.29, 0.717) is 5.56 Å². The van der Waals surface area contributed by atoms with Gasteiger partial charge in [-0.25, -0.2) is 4.98 Å². The summed E-state index contributed by atoms with van der Waals surface area (Å²) in [7, 11) is 1.89. The van der Waals surface area contributed by atoms with Crippen LogP contribution in [-0.2, 0) is 11.8 Å². The van der Waals surface area contributed by atoms with Gasteiger partial charge in [0.25, 0.3) is 0 Å². The summed E-state index contributed by atoms with van der Waals surface area (Å²) in [6, 6.07) is 7.70. The highest BCUT2D eigenvalue weighted by Gasteiger charge is 2.36. The number of aryl methyl sites for hydroxylation is 2. The van der Waals surface area contributed by atoms with Crippen molar-refractivity contribution in [2.45, 2.75) is 25.8 Å². The number of hydrogen-bond donors (Lipinski definition) is 0. The first-order valence-corrected chi connectivity index (χ1v) is 9.74. The van der Waals surface area contributed by atoms with Gasteiger partial charge in [0.1, 0.15) is 17.7 Å². The first kappa shape index (κ1) is 18.4. The van der Waals surface area contributed by atoms with E-state index in [1.807, 2.05) is 31.0 Å². The van der Waals surface area contributed by atoms with Crippen molar-refractivity contribution in [3.8, 4) is 6.07 Å². The first-order chi connectivity index (χ1) is 13.6. The molecule has 2 aromatic rings. The Morgan fingerprint density at radius 1 is 1.18 bits per heavy atom. The Morgan fingerprint density at radius 2 is 1.96 bits per heavy atom. The number of nitrogens with zero attached hydrogens (tertiary/aromatic N) is 7. The maximum atomic E-state index is 13.2. The first-order valence-electron chi connectivity index (χ1n) is 9.74. The second kappa shape index (κ2) is 7.60. The summed E-state index contributed by atoms with van der Waals surface area (Å²) < 4.78 is 1.80. The molecule has 0 aliphatic carbocycles. The quantitative estimate of drug-likeness (QED) is 0.800. The number of pyridine rings is 1. The number of carbonyl (C=O) groups is 1. The van der Waals surface area contributed by atoms with Crippen molar-refractivity contribution in [1.29, 1.82) is 5.26 Å². The monoisotopic (exact) mass is 379 g/mol. The minimum Gasteiger partial charge on any atom is -0.354 e. The normalized spacial score (nSPS) is 21.0. The van der Waals surface area contributed by atoms with E-state index in [4.69, 9.17) is 5.26 Å². The number of anilines is 2. The molecule has 2 fully saturated rings. The number of piperazine rings is 1. The van der Waals surface area contributed by atoms with Crippen LogP contribution in [-0.4, -0.2) is 64.3 Å². The molecule has 2 aliphatic heterocycles. The molecule has 0 radical (unpaired) electrons. The third-order valence-electron chi connectivity index (χ3n) is 5.62. The summed E-state index contributed by atoms with van der Waals surface area (Å²) in [6.45, 7) is 6.02. The maximum Gasteiger partial charge on any atom is 0.245 e. The van der Waals surface area contributed by atoms with Crippen LogP contribution in [0.1, 0.15) is 24.1 Å². The highest BCUT2D eigenvalue weighted by atomic mass is 16.2. The van der Waals surface area contributed by atoms with Crippen molar-refractivity contribution in [3.05, 3.63) is 35.7 Å². The molecule has 0 N–H and O–H groups in total. The number of nitriles is 1. The Balaban J connectivity index is 1.41. The van der Waals surface area contributed by atoms with Gasteiger partial charge in [-0.2, -0.15) is 10.4 Å². The van der Waals surface area contributed by atoms with Crippen LogP contribution < -0.4 is 9.80 Å². The molecule has 0 saturated carbocycles. The van der Waals surface area contributed by atoms with Gasteiger partial charge < -0.3 is 4.90 Å². The van der Waals surface area contributed by atoms with E-state index >= 15 is 0 Å². The lowest BCUT2D eigenvalue weighted by atomic mass is 10.0. The summed E-state index contributed by atoms with van der Waals surface area (Å²) in [5.41, 5.74) is 1.50. The third kappa shape index (κ3) is 3.45. The van der Waals surface area contributed by atoms with Crippen molar-refractivity contribution < 1.29 is 4.79 Å². The van der Waals surface area contributed by atoms with Crippen molar-refractivity contribution in [2.24, 2.45) is 7.05 Å². The maximum absolute atomic E-state index is 13.2. The third-order valence-corrected chi connectivity index (χ3v) is 5.62. The number of amides is 1. The largest absolute Gasteiger partial charge is 0.354 e. The number of rotatable bonds is 3. The van der Waals surface area contributed by atoms with Gasteiger partial charge in [0.15, 0.2) is 0 Å². The Kier molecular flexibility index (Phi) is 5.01. The number of piperidine rings is 1. The van der Waals surface area contributed by atoms with Crippen LogP contribution in [0.4, 0.5) is 11.6 Å². The van der Waals surface area contributed by atoms with E-state index in [1.165, 1.54) is 0 Å². The van der Waals surface area contributed by atoms with Crippen molar-refractivity contribution in [3.63, 3.8) is 0 Å². The number of aromatic nitrogens is 3.